The number of imide groups is 1. The molecule has 0 saturated carbocycles. The van der Waals surface area contributed by atoms with Crippen molar-refractivity contribution >= 4 is 40.9 Å². The van der Waals surface area contributed by atoms with E-state index < -0.39 is 23.5 Å². The topological polar surface area (TPSA) is 158 Å². The molecule has 0 spiro atoms. The second kappa shape index (κ2) is 14.9. The molecule has 59 heavy (non-hydrogen) atoms. The zero-order valence-corrected chi connectivity index (χ0v) is 34.0. The molecule has 15 nitrogen and oxygen atoms in total. The molecule has 2 aromatic carbocycles. The Balaban J connectivity index is 0.792. The third-order valence-electron chi connectivity index (χ3n) is 13.7. The lowest BCUT2D eigenvalue weighted by atomic mass is 9.87. The van der Waals surface area contributed by atoms with Gasteiger partial charge in [0.2, 0.25) is 11.8 Å². The number of amides is 5. The summed E-state index contributed by atoms with van der Waals surface area (Å²) in [4.78, 5) is 64.8. The van der Waals surface area contributed by atoms with E-state index in [-0.39, 0.29) is 40.9 Å². The van der Waals surface area contributed by atoms with Crippen molar-refractivity contribution in [3.63, 3.8) is 0 Å². The van der Waals surface area contributed by atoms with E-state index in [4.69, 9.17) is 0 Å². The van der Waals surface area contributed by atoms with E-state index >= 15 is 0 Å². The summed E-state index contributed by atoms with van der Waals surface area (Å²) >= 11 is 0. The first-order chi connectivity index (χ1) is 28.3. The maximum absolute atomic E-state index is 14.4. The minimum absolute atomic E-state index is 0.0625. The standard InChI is InChI=1S/C43H53FN10O5/c1-4-43-24-45-38-35(21-33(47-48-38)30-6-5-7-32(44)37(30)56)53(43)19-17-51(26-43)41(59)54-18-16-49(25-42(54,2)3)22-27-12-14-50(15-13-27)29-9-8-28-23-52(40(58)31(28)20-29)34-10-11-36(55)46-39(34)57/h5-9,20-21,27,34,56H,4,10-19,22-26H2,1-3H3,(H,45,48)(H,46,55,57)/t34-,43-/m0/s1. The number of carbonyl (C=O) groups excluding carboxylic acids is 4. The third-order valence-corrected chi connectivity index (χ3v) is 13.7. The summed E-state index contributed by atoms with van der Waals surface area (Å²) in [6.07, 6.45) is 3.44. The van der Waals surface area contributed by atoms with Crippen molar-refractivity contribution in [1.82, 2.24) is 35.1 Å². The van der Waals surface area contributed by atoms with Gasteiger partial charge in [-0.3, -0.25) is 24.6 Å². The van der Waals surface area contributed by atoms with Crippen LogP contribution >= 0.6 is 0 Å². The fourth-order valence-electron chi connectivity index (χ4n) is 10.3. The maximum Gasteiger partial charge on any atom is 0.320 e. The molecule has 4 fully saturated rings. The lowest BCUT2D eigenvalue weighted by molar-refractivity contribution is -0.136. The zero-order chi connectivity index (χ0) is 41.2. The Morgan fingerprint density at radius 3 is 2.53 bits per heavy atom. The second-order valence-corrected chi connectivity index (χ2v) is 17.8. The van der Waals surface area contributed by atoms with E-state index in [1.807, 2.05) is 23.1 Å². The number of benzene rings is 2. The minimum Gasteiger partial charge on any atom is -0.504 e. The van der Waals surface area contributed by atoms with Crippen molar-refractivity contribution in [3.05, 3.63) is 59.4 Å². The predicted octanol–water partition coefficient (Wildman–Crippen LogP) is 3.88. The molecule has 5 amide bonds. The van der Waals surface area contributed by atoms with Gasteiger partial charge in [-0.05, 0) is 81.3 Å². The monoisotopic (exact) mass is 808 g/mol. The molecule has 7 heterocycles. The summed E-state index contributed by atoms with van der Waals surface area (Å²) in [7, 11) is 0. The van der Waals surface area contributed by atoms with Gasteiger partial charge < -0.3 is 34.9 Å². The number of halogens is 1. The molecule has 2 atom stereocenters. The first kappa shape index (κ1) is 39.0. The van der Waals surface area contributed by atoms with Crippen molar-refractivity contribution in [2.45, 2.75) is 76.5 Å². The van der Waals surface area contributed by atoms with E-state index in [0.717, 1.165) is 68.9 Å². The SMILES string of the molecule is CC[C@@]12CNc3nnc(-c4cccc(F)c4O)cc3N1CCN(C(=O)N1CCN(CC3CCN(c4ccc5c(c4)C(=O)N([C@H]4CCC(=O)NC4=O)C5)CC3)CC1(C)C)C2. The highest BCUT2D eigenvalue weighted by molar-refractivity contribution is 6.05. The van der Waals surface area contributed by atoms with Crippen LogP contribution in [-0.4, -0.2) is 141 Å². The van der Waals surface area contributed by atoms with Crippen LogP contribution in [0.5, 0.6) is 5.75 Å². The smallest absolute Gasteiger partial charge is 0.320 e. The lowest BCUT2D eigenvalue weighted by Gasteiger charge is -2.56. The van der Waals surface area contributed by atoms with Crippen molar-refractivity contribution < 1.29 is 28.7 Å². The first-order valence-electron chi connectivity index (χ1n) is 21.0. The number of fused-ring (bicyclic) bond motifs is 4. The predicted molar refractivity (Wildman–Crippen MR) is 220 cm³/mol. The van der Waals surface area contributed by atoms with Crippen LogP contribution in [0.4, 0.5) is 26.4 Å². The molecule has 16 heteroatoms. The molecule has 0 radical (unpaired) electrons. The van der Waals surface area contributed by atoms with Gasteiger partial charge >= 0.3 is 6.03 Å². The number of piperidine rings is 2. The third kappa shape index (κ3) is 6.98. The van der Waals surface area contributed by atoms with Crippen LogP contribution in [0.3, 0.4) is 0 Å². The van der Waals surface area contributed by atoms with Crippen LogP contribution in [-0.2, 0) is 16.1 Å². The van der Waals surface area contributed by atoms with Crippen molar-refractivity contribution in [2.75, 3.05) is 80.6 Å². The molecule has 1 aromatic heterocycles. The van der Waals surface area contributed by atoms with Gasteiger partial charge in [-0.25, -0.2) is 9.18 Å². The van der Waals surface area contributed by atoms with Gasteiger partial charge in [0.25, 0.3) is 5.91 Å². The van der Waals surface area contributed by atoms with Crippen LogP contribution in [0.1, 0.15) is 68.8 Å². The van der Waals surface area contributed by atoms with E-state index in [0.29, 0.717) is 68.7 Å². The Hall–Kier alpha value is -5.51. The number of hydrogen-bond donors (Lipinski definition) is 3. The number of piperazine rings is 2. The number of para-hydroxylation sites is 1. The zero-order valence-electron chi connectivity index (χ0n) is 34.0. The highest BCUT2D eigenvalue weighted by Crippen LogP contribution is 2.42. The average molecular weight is 809 g/mol. The van der Waals surface area contributed by atoms with Gasteiger partial charge in [-0.1, -0.05) is 19.1 Å². The number of phenolic OH excluding ortho intramolecular Hbond substituents is 1. The summed E-state index contributed by atoms with van der Waals surface area (Å²) in [5.74, 6) is -0.835. The summed E-state index contributed by atoms with van der Waals surface area (Å²) < 4.78 is 14.2. The number of hydrogen-bond acceptors (Lipinski definition) is 11. The number of nitrogens with one attached hydrogen (secondary N) is 2. The van der Waals surface area contributed by atoms with Crippen LogP contribution in [0.15, 0.2) is 42.5 Å². The molecule has 0 bridgehead atoms. The molecule has 6 aliphatic rings. The molecule has 9 rings (SSSR count). The Labute approximate surface area is 343 Å². The number of aromatic hydroxyl groups is 1. The fourth-order valence-corrected chi connectivity index (χ4v) is 10.3. The van der Waals surface area contributed by atoms with E-state index in [9.17, 15) is 28.7 Å². The van der Waals surface area contributed by atoms with Crippen molar-refractivity contribution in [2.24, 2.45) is 5.92 Å². The second-order valence-electron chi connectivity index (χ2n) is 17.8. The molecule has 312 valence electrons. The maximum atomic E-state index is 14.4. The quantitative estimate of drug-likeness (QED) is 0.311. The summed E-state index contributed by atoms with van der Waals surface area (Å²) in [6, 6.07) is 11.7. The van der Waals surface area contributed by atoms with Crippen molar-refractivity contribution in [3.8, 4) is 17.0 Å². The van der Waals surface area contributed by atoms with Crippen LogP contribution in [0, 0.1) is 11.7 Å². The number of anilines is 3. The summed E-state index contributed by atoms with van der Waals surface area (Å²) in [5, 5.41) is 24.9. The van der Waals surface area contributed by atoms with Gasteiger partial charge in [0.05, 0.1) is 22.5 Å². The van der Waals surface area contributed by atoms with Gasteiger partial charge in [0, 0.05) is 95.2 Å². The largest absolute Gasteiger partial charge is 0.504 e. The Morgan fingerprint density at radius 1 is 0.949 bits per heavy atom. The molecule has 6 aliphatic heterocycles. The molecule has 0 aliphatic carbocycles. The average Bonchev–Trinajstić information content (AvgIpc) is 3.55. The molecule has 0 unspecified atom stereocenters. The number of nitrogens with zero attached hydrogens (tertiary/aromatic N) is 8. The molecular weight excluding hydrogens is 756 g/mol. The highest BCUT2D eigenvalue weighted by atomic mass is 19.1. The fraction of sp³-hybridized carbons (Fsp3) is 0.535. The van der Waals surface area contributed by atoms with Gasteiger partial charge in [-0.2, -0.15) is 0 Å². The highest BCUT2D eigenvalue weighted by Gasteiger charge is 2.48. The number of carbonyl (C=O) groups is 4. The van der Waals surface area contributed by atoms with Crippen LogP contribution in [0.2, 0.25) is 0 Å². The van der Waals surface area contributed by atoms with E-state index in [1.165, 1.54) is 6.07 Å². The van der Waals surface area contributed by atoms with Gasteiger partial charge in [0.1, 0.15) is 6.04 Å². The van der Waals surface area contributed by atoms with E-state index in [2.05, 4.69) is 67.3 Å². The number of phenols is 1. The van der Waals surface area contributed by atoms with Gasteiger partial charge in [0.15, 0.2) is 17.4 Å². The molecule has 4 saturated heterocycles. The lowest BCUT2D eigenvalue weighted by Crippen LogP contribution is -2.71. The Kier molecular flexibility index (Phi) is 9.87. The minimum atomic E-state index is -0.712. The molecular formula is C43H53FN10O5. The Morgan fingerprint density at radius 2 is 1.76 bits per heavy atom. The normalized spacial score (nSPS) is 24.7. The van der Waals surface area contributed by atoms with Crippen LogP contribution < -0.4 is 20.4 Å². The summed E-state index contributed by atoms with van der Waals surface area (Å²) in [5.41, 5.74) is 3.34. The van der Waals surface area contributed by atoms with Crippen LogP contribution in [0.25, 0.3) is 11.3 Å². The number of aromatic nitrogens is 2. The Bertz CT molecular complexity index is 2200. The molecule has 3 aromatic rings. The van der Waals surface area contributed by atoms with Gasteiger partial charge in [-0.15, -0.1) is 10.2 Å². The summed E-state index contributed by atoms with van der Waals surface area (Å²) in [6.45, 7) is 14.2. The number of urea groups is 1. The number of rotatable bonds is 6. The van der Waals surface area contributed by atoms with E-state index in [1.54, 1.807) is 17.0 Å². The first-order valence-corrected chi connectivity index (χ1v) is 21.0. The molecule has 3 N–H and O–H groups in total. The van der Waals surface area contributed by atoms with Crippen molar-refractivity contribution in [1.29, 1.82) is 0 Å².